The van der Waals surface area contributed by atoms with Gasteiger partial charge in [0.05, 0.1) is 6.33 Å². The molecule has 0 unspecified atom stereocenters. The summed E-state index contributed by atoms with van der Waals surface area (Å²) in [6.45, 7) is 3.46. The molecule has 6 heteroatoms. The van der Waals surface area contributed by atoms with Gasteiger partial charge < -0.3 is 14.8 Å². The molecule has 1 aromatic carbocycles. The van der Waals surface area contributed by atoms with Crippen LogP contribution in [0.1, 0.15) is 24.4 Å². The van der Waals surface area contributed by atoms with Gasteiger partial charge in [0.2, 0.25) is 0 Å². The Morgan fingerprint density at radius 2 is 1.92 bits per heavy atom. The molecule has 2 aromatic heterocycles. The van der Waals surface area contributed by atoms with Crippen molar-refractivity contribution in [2.24, 2.45) is 0 Å². The van der Waals surface area contributed by atoms with Crippen LogP contribution in [0.25, 0.3) is 11.2 Å². The van der Waals surface area contributed by atoms with E-state index in [9.17, 15) is 4.79 Å². The van der Waals surface area contributed by atoms with E-state index in [4.69, 9.17) is 0 Å². The molecule has 3 heterocycles. The number of rotatable bonds is 2. The minimum atomic E-state index is -0.0265. The van der Waals surface area contributed by atoms with Gasteiger partial charge in [0, 0.05) is 31.0 Å². The lowest BCUT2D eigenvalue weighted by molar-refractivity contribution is 0.184. The lowest BCUT2D eigenvalue weighted by Crippen LogP contribution is -2.41. The number of urea groups is 1. The summed E-state index contributed by atoms with van der Waals surface area (Å²) < 4.78 is 2.14. The summed E-state index contributed by atoms with van der Waals surface area (Å²) in [5.41, 5.74) is 3.79. The topological polar surface area (TPSA) is 63.1 Å². The largest absolute Gasteiger partial charge is 0.324 e. The molecule has 4 rings (SSSR count). The zero-order valence-electron chi connectivity index (χ0n) is 14.2. The summed E-state index contributed by atoms with van der Waals surface area (Å²) in [6, 6.07) is 12.0. The van der Waals surface area contributed by atoms with Crippen molar-refractivity contribution in [1.29, 1.82) is 0 Å². The Hall–Kier alpha value is -2.89. The molecule has 1 saturated heterocycles. The lowest BCUT2D eigenvalue weighted by Gasteiger charge is -2.32. The first-order valence-corrected chi connectivity index (χ1v) is 8.61. The molecule has 3 aromatic rings. The fourth-order valence-electron chi connectivity index (χ4n) is 3.39. The Balaban J connectivity index is 1.41. The van der Waals surface area contributed by atoms with Gasteiger partial charge in [-0.05, 0) is 43.5 Å². The van der Waals surface area contributed by atoms with Gasteiger partial charge in [-0.3, -0.25) is 0 Å². The minimum Gasteiger partial charge on any atom is -0.324 e. The fraction of sp³-hybridized carbons (Fsp3) is 0.316. The summed E-state index contributed by atoms with van der Waals surface area (Å²) in [6.07, 6.45) is 5.48. The van der Waals surface area contributed by atoms with Crippen molar-refractivity contribution in [3.8, 4) is 0 Å². The molecule has 0 radical (unpaired) electrons. The van der Waals surface area contributed by atoms with Gasteiger partial charge in [0.1, 0.15) is 5.52 Å². The summed E-state index contributed by atoms with van der Waals surface area (Å²) in [5, 5.41) is 3.01. The van der Waals surface area contributed by atoms with Crippen LogP contribution in [0.2, 0.25) is 0 Å². The molecule has 1 N–H and O–H groups in total. The van der Waals surface area contributed by atoms with E-state index in [1.54, 1.807) is 6.20 Å². The number of anilines is 1. The van der Waals surface area contributed by atoms with Crippen molar-refractivity contribution in [2.75, 3.05) is 18.4 Å². The second-order valence-electron chi connectivity index (χ2n) is 6.46. The van der Waals surface area contributed by atoms with Crippen molar-refractivity contribution >= 4 is 22.9 Å². The van der Waals surface area contributed by atoms with E-state index in [-0.39, 0.29) is 6.03 Å². The molecule has 1 aliphatic heterocycles. The van der Waals surface area contributed by atoms with Crippen LogP contribution in [-0.2, 0) is 0 Å². The molecule has 0 bridgehead atoms. The molecule has 1 aliphatic rings. The average molecular weight is 335 g/mol. The number of imidazole rings is 1. The summed E-state index contributed by atoms with van der Waals surface area (Å²) in [7, 11) is 0. The van der Waals surface area contributed by atoms with Crippen LogP contribution in [0.3, 0.4) is 0 Å². The highest BCUT2D eigenvalue weighted by atomic mass is 16.2. The molecule has 6 nitrogen and oxygen atoms in total. The molecule has 128 valence electrons. The zero-order chi connectivity index (χ0) is 17.2. The molecule has 0 saturated carbocycles. The number of nitrogens with zero attached hydrogens (tertiary/aromatic N) is 4. The number of amides is 2. The highest BCUT2D eigenvalue weighted by molar-refractivity contribution is 5.90. The van der Waals surface area contributed by atoms with E-state index in [0.29, 0.717) is 6.04 Å². The first kappa shape index (κ1) is 15.6. The maximum atomic E-state index is 12.5. The van der Waals surface area contributed by atoms with Crippen LogP contribution in [0.15, 0.2) is 48.9 Å². The number of hydrogen-bond donors (Lipinski definition) is 1. The van der Waals surface area contributed by atoms with Gasteiger partial charge in [-0.15, -0.1) is 0 Å². The number of piperidine rings is 1. The van der Waals surface area contributed by atoms with E-state index in [2.05, 4.69) is 19.9 Å². The number of nitrogens with one attached hydrogen (secondary N) is 1. The van der Waals surface area contributed by atoms with E-state index >= 15 is 0 Å². The van der Waals surface area contributed by atoms with Gasteiger partial charge in [-0.25, -0.2) is 14.8 Å². The molecular formula is C19H21N5O. The van der Waals surface area contributed by atoms with Gasteiger partial charge in [0.15, 0.2) is 5.65 Å². The first-order valence-electron chi connectivity index (χ1n) is 8.61. The predicted octanol–water partition coefficient (Wildman–Crippen LogP) is 3.61. The maximum absolute atomic E-state index is 12.5. The zero-order valence-corrected chi connectivity index (χ0v) is 14.2. The average Bonchev–Trinajstić information content (AvgIpc) is 3.08. The third-order valence-electron chi connectivity index (χ3n) is 4.86. The lowest BCUT2D eigenvalue weighted by atomic mass is 10.1. The highest BCUT2D eigenvalue weighted by Crippen LogP contribution is 2.26. The molecular weight excluding hydrogens is 314 g/mol. The van der Waals surface area contributed by atoms with Crippen LogP contribution in [-0.4, -0.2) is 38.6 Å². The number of carbonyl (C=O) groups excluding carboxylic acids is 1. The van der Waals surface area contributed by atoms with E-state index in [0.717, 1.165) is 48.3 Å². The quantitative estimate of drug-likeness (QED) is 0.778. The molecule has 25 heavy (non-hydrogen) atoms. The number of pyridine rings is 1. The van der Waals surface area contributed by atoms with Crippen LogP contribution >= 0.6 is 0 Å². The summed E-state index contributed by atoms with van der Waals surface area (Å²) >= 11 is 0. The Labute approximate surface area is 146 Å². The van der Waals surface area contributed by atoms with Gasteiger partial charge >= 0.3 is 6.03 Å². The van der Waals surface area contributed by atoms with Crippen molar-refractivity contribution in [3.63, 3.8) is 0 Å². The summed E-state index contributed by atoms with van der Waals surface area (Å²) in [5.74, 6) is 0. The number of fused-ring (bicyclic) bond motifs is 1. The molecule has 0 atom stereocenters. The Morgan fingerprint density at radius 3 is 2.72 bits per heavy atom. The third kappa shape index (κ3) is 3.07. The van der Waals surface area contributed by atoms with Crippen LogP contribution < -0.4 is 5.32 Å². The standard InChI is InChI=1S/C19H21N5O/c1-14-5-2-3-6-16(14)22-19(25)23-11-8-15(9-12-23)24-13-21-17-7-4-10-20-18(17)24/h2-7,10,13,15H,8-9,11-12H2,1H3,(H,22,25). The number of benzene rings is 1. The van der Waals surface area contributed by atoms with Crippen molar-refractivity contribution in [2.45, 2.75) is 25.8 Å². The molecule has 2 amide bonds. The number of aromatic nitrogens is 3. The van der Waals surface area contributed by atoms with Crippen LogP contribution in [0.4, 0.5) is 10.5 Å². The van der Waals surface area contributed by atoms with Crippen LogP contribution in [0.5, 0.6) is 0 Å². The third-order valence-corrected chi connectivity index (χ3v) is 4.86. The number of para-hydroxylation sites is 1. The molecule has 0 spiro atoms. The van der Waals surface area contributed by atoms with Crippen molar-refractivity contribution < 1.29 is 4.79 Å². The normalized spacial score (nSPS) is 15.5. The van der Waals surface area contributed by atoms with E-state index in [1.807, 2.05) is 54.5 Å². The number of aryl methyl sites for hydroxylation is 1. The van der Waals surface area contributed by atoms with E-state index < -0.39 is 0 Å². The van der Waals surface area contributed by atoms with Gasteiger partial charge in [-0.2, -0.15) is 0 Å². The minimum absolute atomic E-state index is 0.0265. The molecule has 1 fully saturated rings. The number of likely N-dealkylation sites (tertiary alicyclic amines) is 1. The predicted molar refractivity (Wildman–Crippen MR) is 97.6 cm³/mol. The Bertz CT molecular complexity index is 895. The SMILES string of the molecule is Cc1ccccc1NC(=O)N1CCC(n2cnc3cccnc32)CC1. The maximum Gasteiger partial charge on any atom is 0.321 e. The van der Waals surface area contributed by atoms with Gasteiger partial charge in [0.25, 0.3) is 0 Å². The second-order valence-corrected chi connectivity index (χ2v) is 6.46. The highest BCUT2D eigenvalue weighted by Gasteiger charge is 2.25. The van der Waals surface area contributed by atoms with Crippen molar-refractivity contribution in [3.05, 3.63) is 54.5 Å². The Kier molecular flexibility index (Phi) is 4.09. The molecule has 0 aliphatic carbocycles. The smallest absolute Gasteiger partial charge is 0.321 e. The monoisotopic (exact) mass is 335 g/mol. The van der Waals surface area contributed by atoms with Crippen molar-refractivity contribution in [1.82, 2.24) is 19.4 Å². The van der Waals surface area contributed by atoms with Gasteiger partial charge in [-0.1, -0.05) is 18.2 Å². The summed E-state index contributed by atoms with van der Waals surface area (Å²) in [4.78, 5) is 23.3. The Morgan fingerprint density at radius 1 is 1.12 bits per heavy atom. The van der Waals surface area contributed by atoms with E-state index in [1.165, 1.54) is 0 Å². The second kappa shape index (κ2) is 6.55. The number of carbonyl (C=O) groups is 1. The fourth-order valence-corrected chi connectivity index (χ4v) is 3.39. The number of hydrogen-bond acceptors (Lipinski definition) is 3. The first-order chi connectivity index (χ1) is 12.2. The van der Waals surface area contributed by atoms with Crippen LogP contribution in [0, 0.1) is 6.92 Å².